The van der Waals surface area contributed by atoms with Crippen molar-refractivity contribution in [1.82, 2.24) is 24.9 Å². The largest absolute Gasteiger partial charge is 0.496 e. The van der Waals surface area contributed by atoms with E-state index in [1.807, 2.05) is 37.3 Å². The van der Waals surface area contributed by atoms with Crippen LogP contribution in [0.1, 0.15) is 16.8 Å². The van der Waals surface area contributed by atoms with E-state index < -0.39 is 0 Å². The first-order chi connectivity index (χ1) is 14.5. The van der Waals surface area contributed by atoms with Gasteiger partial charge in [-0.3, -0.25) is 19.7 Å². The molecule has 1 aromatic carbocycles. The van der Waals surface area contributed by atoms with Gasteiger partial charge in [-0.15, -0.1) is 0 Å². The third-order valence-corrected chi connectivity index (χ3v) is 4.77. The standard InChI is InChI=1S/C22H21N5O3/c1-14-8-15(5-6-19(14)30-2)9-21(28)24-13-17-10-22(29)27-20(25-17)11-18(26-27)16-4-3-7-23-12-16/h3-8,10-12,26H,9,13H2,1-2H3,(H,24,28). The highest BCUT2D eigenvalue weighted by atomic mass is 16.5. The summed E-state index contributed by atoms with van der Waals surface area (Å²) >= 11 is 0. The molecule has 0 radical (unpaired) electrons. The van der Waals surface area contributed by atoms with Crippen molar-refractivity contribution in [3.8, 4) is 17.0 Å². The van der Waals surface area contributed by atoms with E-state index in [0.29, 0.717) is 11.3 Å². The van der Waals surface area contributed by atoms with E-state index in [-0.39, 0.29) is 24.4 Å². The Bertz CT molecular complexity index is 1260. The molecule has 8 heteroatoms. The van der Waals surface area contributed by atoms with E-state index in [0.717, 1.165) is 28.1 Å². The van der Waals surface area contributed by atoms with Crippen LogP contribution in [0.15, 0.2) is 59.7 Å². The fourth-order valence-corrected chi connectivity index (χ4v) is 3.29. The Kier molecular flexibility index (Phi) is 5.30. The van der Waals surface area contributed by atoms with E-state index in [9.17, 15) is 9.59 Å². The van der Waals surface area contributed by atoms with Crippen molar-refractivity contribution in [1.29, 1.82) is 0 Å². The first kappa shape index (κ1) is 19.4. The lowest BCUT2D eigenvalue weighted by Crippen LogP contribution is -2.26. The number of hydrogen-bond acceptors (Lipinski definition) is 5. The molecule has 0 aliphatic rings. The van der Waals surface area contributed by atoms with Crippen LogP contribution >= 0.6 is 0 Å². The minimum absolute atomic E-state index is 0.147. The summed E-state index contributed by atoms with van der Waals surface area (Å²) in [4.78, 5) is 33.3. The number of aryl methyl sites for hydroxylation is 1. The number of aromatic amines is 1. The second-order valence-electron chi connectivity index (χ2n) is 6.95. The lowest BCUT2D eigenvalue weighted by Gasteiger charge is -2.08. The third kappa shape index (κ3) is 4.07. The number of ether oxygens (including phenoxy) is 1. The summed E-state index contributed by atoms with van der Waals surface area (Å²) in [6.45, 7) is 2.11. The highest BCUT2D eigenvalue weighted by Crippen LogP contribution is 2.19. The molecular formula is C22H21N5O3. The molecule has 2 N–H and O–H groups in total. The van der Waals surface area contributed by atoms with Gasteiger partial charge in [-0.05, 0) is 36.2 Å². The molecule has 0 aliphatic carbocycles. The number of pyridine rings is 1. The van der Waals surface area contributed by atoms with Crippen LogP contribution in [0.4, 0.5) is 0 Å². The number of amides is 1. The van der Waals surface area contributed by atoms with Crippen molar-refractivity contribution in [2.45, 2.75) is 19.9 Å². The zero-order valence-electron chi connectivity index (χ0n) is 16.7. The van der Waals surface area contributed by atoms with E-state index in [4.69, 9.17) is 4.74 Å². The normalized spacial score (nSPS) is 10.9. The summed E-state index contributed by atoms with van der Waals surface area (Å²) in [6, 6.07) is 12.5. The topological polar surface area (TPSA) is 101 Å². The van der Waals surface area contributed by atoms with E-state index in [2.05, 4.69) is 20.4 Å². The van der Waals surface area contributed by atoms with Crippen LogP contribution in [-0.2, 0) is 17.8 Å². The molecular weight excluding hydrogens is 382 g/mol. The average molecular weight is 403 g/mol. The number of carbonyl (C=O) groups is 1. The summed E-state index contributed by atoms with van der Waals surface area (Å²) < 4.78 is 6.61. The molecule has 0 atom stereocenters. The fourth-order valence-electron chi connectivity index (χ4n) is 3.29. The minimum Gasteiger partial charge on any atom is -0.496 e. The van der Waals surface area contributed by atoms with Crippen molar-refractivity contribution in [3.63, 3.8) is 0 Å². The smallest absolute Gasteiger partial charge is 0.272 e. The summed E-state index contributed by atoms with van der Waals surface area (Å²) in [5, 5.41) is 5.85. The Morgan fingerprint density at radius 2 is 2.10 bits per heavy atom. The maximum Gasteiger partial charge on any atom is 0.272 e. The van der Waals surface area contributed by atoms with Crippen molar-refractivity contribution < 1.29 is 9.53 Å². The number of aromatic nitrogens is 4. The molecule has 30 heavy (non-hydrogen) atoms. The minimum atomic E-state index is -0.245. The Hall–Kier alpha value is -3.94. The second kappa shape index (κ2) is 8.20. The predicted molar refractivity (Wildman–Crippen MR) is 112 cm³/mol. The number of nitrogens with one attached hydrogen (secondary N) is 2. The number of fused-ring (bicyclic) bond motifs is 1. The molecule has 0 bridgehead atoms. The monoisotopic (exact) mass is 403 g/mol. The van der Waals surface area contributed by atoms with E-state index in [1.165, 1.54) is 10.6 Å². The summed E-state index contributed by atoms with van der Waals surface area (Å²) in [6.07, 6.45) is 3.63. The van der Waals surface area contributed by atoms with Gasteiger partial charge in [0.05, 0.1) is 31.5 Å². The van der Waals surface area contributed by atoms with E-state index >= 15 is 0 Å². The first-order valence-corrected chi connectivity index (χ1v) is 9.46. The van der Waals surface area contributed by atoms with Crippen LogP contribution in [0, 0.1) is 6.92 Å². The highest BCUT2D eigenvalue weighted by molar-refractivity contribution is 5.78. The van der Waals surface area contributed by atoms with Gasteiger partial charge in [-0.1, -0.05) is 12.1 Å². The van der Waals surface area contributed by atoms with Crippen molar-refractivity contribution in [3.05, 3.63) is 82.0 Å². The second-order valence-corrected chi connectivity index (χ2v) is 6.95. The summed E-state index contributed by atoms with van der Waals surface area (Å²) in [5.74, 6) is 0.640. The number of methoxy groups -OCH3 is 1. The Balaban J connectivity index is 1.46. The van der Waals surface area contributed by atoms with Crippen molar-refractivity contribution in [2.75, 3.05) is 7.11 Å². The molecule has 3 aromatic heterocycles. The van der Waals surface area contributed by atoms with Gasteiger partial charge in [0.15, 0.2) is 5.65 Å². The van der Waals surface area contributed by atoms with Crippen LogP contribution < -0.4 is 15.6 Å². The number of carbonyl (C=O) groups excluding carboxylic acids is 1. The first-order valence-electron chi connectivity index (χ1n) is 9.46. The predicted octanol–water partition coefficient (Wildman–Crippen LogP) is 2.26. The van der Waals surface area contributed by atoms with Crippen LogP contribution in [0.5, 0.6) is 5.75 Å². The van der Waals surface area contributed by atoms with Gasteiger partial charge >= 0.3 is 0 Å². The van der Waals surface area contributed by atoms with Crippen molar-refractivity contribution >= 4 is 11.6 Å². The van der Waals surface area contributed by atoms with Crippen LogP contribution in [0.3, 0.4) is 0 Å². The molecule has 1 amide bonds. The van der Waals surface area contributed by atoms with E-state index in [1.54, 1.807) is 25.6 Å². The van der Waals surface area contributed by atoms with Crippen molar-refractivity contribution in [2.24, 2.45) is 0 Å². The number of benzene rings is 1. The number of H-pyrrole nitrogens is 1. The Labute approximate surface area is 172 Å². The number of nitrogens with zero attached hydrogens (tertiary/aromatic N) is 3. The summed E-state index contributed by atoms with van der Waals surface area (Å²) in [5.41, 5.74) is 4.19. The average Bonchev–Trinajstić information content (AvgIpc) is 3.18. The molecule has 3 heterocycles. The zero-order valence-corrected chi connectivity index (χ0v) is 16.7. The van der Waals surface area contributed by atoms with Crippen LogP contribution in [0.25, 0.3) is 16.9 Å². The Morgan fingerprint density at radius 1 is 1.23 bits per heavy atom. The number of rotatable bonds is 6. The van der Waals surface area contributed by atoms with Crippen LogP contribution in [-0.4, -0.2) is 32.6 Å². The molecule has 152 valence electrons. The van der Waals surface area contributed by atoms with Gasteiger partial charge < -0.3 is 10.1 Å². The Morgan fingerprint density at radius 3 is 2.83 bits per heavy atom. The van der Waals surface area contributed by atoms with Gasteiger partial charge in [0, 0.05) is 30.1 Å². The lowest BCUT2D eigenvalue weighted by molar-refractivity contribution is -0.120. The van der Waals surface area contributed by atoms with Gasteiger partial charge in [-0.25, -0.2) is 9.50 Å². The van der Waals surface area contributed by atoms with Gasteiger partial charge in [0.2, 0.25) is 5.91 Å². The highest BCUT2D eigenvalue weighted by Gasteiger charge is 2.10. The molecule has 0 unspecified atom stereocenters. The maximum absolute atomic E-state index is 12.4. The van der Waals surface area contributed by atoms with Gasteiger partial charge in [-0.2, -0.15) is 0 Å². The zero-order chi connectivity index (χ0) is 21.1. The molecule has 0 saturated heterocycles. The molecule has 0 aliphatic heterocycles. The SMILES string of the molecule is COc1ccc(CC(=O)NCc2cc(=O)n3[nH]c(-c4cccnc4)cc3n2)cc1C. The molecule has 0 saturated carbocycles. The maximum atomic E-state index is 12.4. The molecule has 4 aromatic rings. The fraction of sp³-hybridized carbons (Fsp3) is 0.182. The number of hydrogen-bond donors (Lipinski definition) is 2. The molecule has 4 rings (SSSR count). The molecule has 0 fully saturated rings. The quantitative estimate of drug-likeness (QED) is 0.514. The van der Waals surface area contributed by atoms with Gasteiger partial charge in [0.1, 0.15) is 5.75 Å². The summed E-state index contributed by atoms with van der Waals surface area (Å²) in [7, 11) is 1.62. The lowest BCUT2D eigenvalue weighted by atomic mass is 10.1. The molecule has 0 spiro atoms. The third-order valence-electron chi connectivity index (χ3n) is 4.77. The van der Waals surface area contributed by atoms with Crippen LogP contribution in [0.2, 0.25) is 0 Å². The van der Waals surface area contributed by atoms with Gasteiger partial charge in [0.25, 0.3) is 5.56 Å². The molecule has 8 nitrogen and oxygen atoms in total.